The molecular formula is C12H16ClNO3. The molecule has 1 heterocycles. The molecule has 1 unspecified atom stereocenters. The van der Waals surface area contributed by atoms with E-state index in [1.54, 1.807) is 20.3 Å². The molecule has 1 atom stereocenters. The number of rotatable bonds is 2. The lowest BCUT2D eigenvalue weighted by Crippen LogP contribution is -2.17. The van der Waals surface area contributed by atoms with Crippen LogP contribution in [0.3, 0.4) is 0 Å². The van der Waals surface area contributed by atoms with Crippen LogP contribution in [0.4, 0.5) is 0 Å². The van der Waals surface area contributed by atoms with Crippen molar-refractivity contribution in [2.24, 2.45) is 5.73 Å². The van der Waals surface area contributed by atoms with E-state index in [1.165, 1.54) is 0 Å². The predicted molar refractivity (Wildman–Crippen MR) is 66.0 cm³/mol. The van der Waals surface area contributed by atoms with E-state index >= 15 is 0 Å². The van der Waals surface area contributed by atoms with Crippen LogP contribution >= 0.6 is 11.6 Å². The van der Waals surface area contributed by atoms with Gasteiger partial charge in [0.2, 0.25) is 0 Å². The lowest BCUT2D eigenvalue weighted by molar-refractivity contribution is 0.130. The second-order valence-corrected chi connectivity index (χ2v) is 4.32. The minimum absolute atomic E-state index is 0.241. The molecule has 2 N–H and O–H groups in total. The van der Waals surface area contributed by atoms with Crippen molar-refractivity contribution in [1.29, 1.82) is 0 Å². The highest BCUT2D eigenvalue weighted by Crippen LogP contribution is 2.41. The molecule has 0 fully saturated rings. The SMILES string of the molecule is COc1cc(Cl)c2c(c1OC)C(N)COCC2. The van der Waals surface area contributed by atoms with Crippen LogP contribution in [0.15, 0.2) is 6.07 Å². The van der Waals surface area contributed by atoms with Gasteiger partial charge in [0.05, 0.1) is 33.5 Å². The molecule has 4 nitrogen and oxygen atoms in total. The summed E-state index contributed by atoms with van der Waals surface area (Å²) in [6.45, 7) is 1.09. The Labute approximate surface area is 106 Å². The molecule has 0 spiro atoms. The lowest BCUT2D eigenvalue weighted by atomic mass is 9.98. The molecule has 1 aliphatic rings. The number of hydrogen-bond acceptors (Lipinski definition) is 4. The molecule has 0 bridgehead atoms. The molecule has 0 aliphatic carbocycles. The highest BCUT2D eigenvalue weighted by atomic mass is 35.5. The van der Waals surface area contributed by atoms with Crippen LogP contribution in [0.5, 0.6) is 11.5 Å². The smallest absolute Gasteiger partial charge is 0.165 e. The molecule has 2 rings (SSSR count). The summed E-state index contributed by atoms with van der Waals surface area (Å²) in [5.74, 6) is 1.26. The molecular weight excluding hydrogens is 242 g/mol. The fraction of sp³-hybridized carbons (Fsp3) is 0.500. The normalized spacial score (nSPS) is 19.4. The molecule has 0 saturated heterocycles. The van der Waals surface area contributed by atoms with Crippen LogP contribution in [0.2, 0.25) is 5.02 Å². The Hall–Kier alpha value is -0.970. The first-order valence-electron chi connectivity index (χ1n) is 5.45. The van der Waals surface area contributed by atoms with Gasteiger partial charge in [0.1, 0.15) is 0 Å². The summed E-state index contributed by atoms with van der Waals surface area (Å²) >= 11 is 6.25. The summed E-state index contributed by atoms with van der Waals surface area (Å²) in [4.78, 5) is 0. The number of hydrogen-bond donors (Lipinski definition) is 1. The van der Waals surface area contributed by atoms with Crippen LogP contribution < -0.4 is 15.2 Å². The van der Waals surface area contributed by atoms with Gasteiger partial charge in [0, 0.05) is 16.7 Å². The topological polar surface area (TPSA) is 53.7 Å². The van der Waals surface area contributed by atoms with E-state index in [2.05, 4.69) is 0 Å². The van der Waals surface area contributed by atoms with Crippen LogP contribution in [0.25, 0.3) is 0 Å². The van der Waals surface area contributed by atoms with Gasteiger partial charge in [-0.05, 0) is 12.0 Å². The Morgan fingerprint density at radius 1 is 1.41 bits per heavy atom. The molecule has 1 aromatic carbocycles. The number of methoxy groups -OCH3 is 2. The minimum Gasteiger partial charge on any atom is -0.493 e. The average molecular weight is 258 g/mol. The minimum atomic E-state index is -0.241. The molecule has 0 amide bonds. The standard InChI is InChI=1S/C12H16ClNO3/c1-15-10-5-8(13)7-3-4-17-6-9(14)11(7)12(10)16-2/h5,9H,3-4,6,14H2,1-2H3. The van der Waals surface area contributed by atoms with Crippen molar-refractivity contribution in [3.63, 3.8) is 0 Å². The monoisotopic (exact) mass is 257 g/mol. The van der Waals surface area contributed by atoms with E-state index in [-0.39, 0.29) is 6.04 Å². The molecule has 1 aliphatic heterocycles. The van der Waals surface area contributed by atoms with Gasteiger partial charge < -0.3 is 19.9 Å². The Morgan fingerprint density at radius 2 is 2.18 bits per heavy atom. The zero-order chi connectivity index (χ0) is 12.4. The van der Waals surface area contributed by atoms with Gasteiger partial charge in [-0.3, -0.25) is 0 Å². The summed E-state index contributed by atoms with van der Waals surface area (Å²) in [5, 5.41) is 0.651. The van der Waals surface area contributed by atoms with Gasteiger partial charge in [0.25, 0.3) is 0 Å². The van der Waals surface area contributed by atoms with Crippen LogP contribution in [0, 0.1) is 0 Å². The van der Waals surface area contributed by atoms with Crippen LogP contribution in [0.1, 0.15) is 17.2 Å². The van der Waals surface area contributed by atoms with Gasteiger partial charge in [-0.2, -0.15) is 0 Å². The average Bonchev–Trinajstić information content (AvgIpc) is 2.52. The lowest BCUT2D eigenvalue weighted by Gasteiger charge is -2.19. The third-order valence-corrected chi connectivity index (χ3v) is 3.27. The van der Waals surface area contributed by atoms with Gasteiger partial charge >= 0.3 is 0 Å². The maximum atomic E-state index is 6.25. The number of nitrogens with two attached hydrogens (primary N) is 1. The second kappa shape index (κ2) is 5.12. The van der Waals surface area contributed by atoms with E-state index in [0.29, 0.717) is 29.7 Å². The van der Waals surface area contributed by atoms with E-state index < -0.39 is 0 Å². The first kappa shape index (κ1) is 12.5. The summed E-state index contributed by atoms with van der Waals surface area (Å²) in [5.41, 5.74) is 7.99. The zero-order valence-corrected chi connectivity index (χ0v) is 10.7. The second-order valence-electron chi connectivity index (χ2n) is 3.92. The predicted octanol–water partition coefficient (Wildman–Crippen LogP) is 1.93. The fourth-order valence-electron chi connectivity index (χ4n) is 2.14. The molecule has 0 aromatic heterocycles. The van der Waals surface area contributed by atoms with Gasteiger partial charge in [0.15, 0.2) is 11.5 Å². The highest BCUT2D eigenvalue weighted by Gasteiger charge is 2.25. The Balaban J connectivity index is 2.64. The number of ether oxygens (including phenoxy) is 3. The largest absolute Gasteiger partial charge is 0.493 e. The van der Waals surface area contributed by atoms with E-state index in [0.717, 1.165) is 17.5 Å². The van der Waals surface area contributed by atoms with Crippen LogP contribution in [-0.2, 0) is 11.2 Å². The van der Waals surface area contributed by atoms with Gasteiger partial charge in [-0.15, -0.1) is 0 Å². The fourth-order valence-corrected chi connectivity index (χ4v) is 2.44. The third kappa shape index (κ3) is 2.20. The summed E-state index contributed by atoms with van der Waals surface area (Å²) in [7, 11) is 3.18. The maximum absolute atomic E-state index is 6.25. The zero-order valence-electron chi connectivity index (χ0n) is 9.96. The van der Waals surface area contributed by atoms with E-state index in [4.69, 9.17) is 31.5 Å². The summed E-state index contributed by atoms with van der Waals surface area (Å²) in [6.07, 6.45) is 0.738. The highest BCUT2D eigenvalue weighted by molar-refractivity contribution is 6.31. The quantitative estimate of drug-likeness (QED) is 0.880. The first-order valence-corrected chi connectivity index (χ1v) is 5.83. The number of halogens is 1. The van der Waals surface area contributed by atoms with Crippen molar-refractivity contribution < 1.29 is 14.2 Å². The van der Waals surface area contributed by atoms with Crippen molar-refractivity contribution in [1.82, 2.24) is 0 Å². The van der Waals surface area contributed by atoms with E-state index in [1.807, 2.05) is 0 Å². The van der Waals surface area contributed by atoms with Crippen molar-refractivity contribution in [2.45, 2.75) is 12.5 Å². The number of benzene rings is 1. The summed E-state index contributed by atoms with van der Waals surface area (Å²) in [6, 6.07) is 1.52. The van der Waals surface area contributed by atoms with Crippen molar-refractivity contribution in [2.75, 3.05) is 27.4 Å². The van der Waals surface area contributed by atoms with Crippen LogP contribution in [-0.4, -0.2) is 27.4 Å². The van der Waals surface area contributed by atoms with Crippen molar-refractivity contribution in [3.8, 4) is 11.5 Å². The molecule has 0 radical (unpaired) electrons. The maximum Gasteiger partial charge on any atom is 0.165 e. The van der Waals surface area contributed by atoms with E-state index in [9.17, 15) is 0 Å². The molecule has 5 heteroatoms. The van der Waals surface area contributed by atoms with Gasteiger partial charge in [-0.25, -0.2) is 0 Å². The molecule has 94 valence electrons. The van der Waals surface area contributed by atoms with Gasteiger partial charge in [-0.1, -0.05) is 11.6 Å². The molecule has 1 aromatic rings. The summed E-state index contributed by atoms with van der Waals surface area (Å²) < 4.78 is 16.1. The number of fused-ring (bicyclic) bond motifs is 1. The van der Waals surface area contributed by atoms with Crippen molar-refractivity contribution in [3.05, 3.63) is 22.2 Å². The molecule has 0 saturated carbocycles. The Morgan fingerprint density at radius 3 is 2.82 bits per heavy atom. The Bertz CT molecular complexity index is 423. The molecule has 17 heavy (non-hydrogen) atoms. The Kier molecular flexibility index (Phi) is 3.76. The third-order valence-electron chi connectivity index (χ3n) is 2.93. The van der Waals surface area contributed by atoms with Crippen molar-refractivity contribution >= 4 is 11.6 Å². The first-order chi connectivity index (χ1) is 8.19.